The van der Waals surface area contributed by atoms with Crippen LogP contribution in [0.5, 0.6) is 5.75 Å². The molecule has 4 rings (SSSR count). The number of para-hydroxylation sites is 1. The second-order valence-electron chi connectivity index (χ2n) is 6.03. The molecule has 0 spiro atoms. The third-order valence-electron chi connectivity index (χ3n) is 4.52. The lowest BCUT2D eigenvalue weighted by atomic mass is 10.0. The maximum Gasteiger partial charge on any atom is 0.246 e. The molecule has 0 fully saturated rings. The molecule has 26 heavy (non-hydrogen) atoms. The average Bonchev–Trinajstić information content (AvgIpc) is 3.05. The summed E-state index contributed by atoms with van der Waals surface area (Å²) in [5.74, 6) is 1.25. The Morgan fingerprint density at radius 1 is 1.35 bits per heavy atom. The van der Waals surface area contributed by atoms with Crippen LogP contribution in [0.2, 0.25) is 0 Å². The maximum atomic E-state index is 12.6. The van der Waals surface area contributed by atoms with Crippen molar-refractivity contribution in [2.45, 2.75) is 13.0 Å². The summed E-state index contributed by atoms with van der Waals surface area (Å²) in [7, 11) is 1.62. The number of rotatable bonds is 3. The number of amides is 1. The fourth-order valence-electron chi connectivity index (χ4n) is 3.21. The van der Waals surface area contributed by atoms with Gasteiger partial charge in [0, 0.05) is 23.1 Å². The lowest BCUT2D eigenvalue weighted by molar-refractivity contribution is -0.126. The van der Waals surface area contributed by atoms with Crippen LogP contribution in [-0.4, -0.2) is 34.4 Å². The SMILES string of the molecule is COc1ccccc1/C=C/C(=O)N1CCc2c(sc3ncnc(N)c23)C1. The Morgan fingerprint density at radius 2 is 2.19 bits per heavy atom. The number of hydrogen-bond acceptors (Lipinski definition) is 6. The van der Waals surface area contributed by atoms with Crippen LogP contribution in [0.15, 0.2) is 36.7 Å². The summed E-state index contributed by atoms with van der Waals surface area (Å²) in [6.45, 7) is 1.23. The van der Waals surface area contributed by atoms with Crippen LogP contribution in [0, 0.1) is 0 Å². The van der Waals surface area contributed by atoms with Crippen LogP contribution in [0.4, 0.5) is 5.82 Å². The van der Waals surface area contributed by atoms with E-state index < -0.39 is 0 Å². The molecule has 1 amide bonds. The van der Waals surface area contributed by atoms with E-state index in [0.717, 1.165) is 32.8 Å². The molecule has 0 unspecified atom stereocenters. The number of nitrogen functional groups attached to an aromatic ring is 1. The predicted octanol–water partition coefficient (Wildman–Crippen LogP) is 2.88. The number of fused-ring (bicyclic) bond motifs is 3. The number of nitrogens with zero attached hydrogens (tertiary/aromatic N) is 3. The van der Waals surface area contributed by atoms with Crippen molar-refractivity contribution in [1.82, 2.24) is 14.9 Å². The fourth-order valence-corrected chi connectivity index (χ4v) is 4.42. The molecule has 0 atom stereocenters. The van der Waals surface area contributed by atoms with Crippen LogP contribution in [0.25, 0.3) is 16.3 Å². The normalized spacial score (nSPS) is 14.0. The molecule has 1 aromatic carbocycles. The van der Waals surface area contributed by atoms with Crippen LogP contribution in [0.3, 0.4) is 0 Å². The number of methoxy groups -OCH3 is 1. The Bertz CT molecular complexity index is 1010. The molecule has 132 valence electrons. The molecule has 3 aromatic rings. The van der Waals surface area contributed by atoms with Crippen molar-refractivity contribution in [2.75, 3.05) is 19.4 Å². The van der Waals surface area contributed by atoms with Gasteiger partial charge < -0.3 is 15.4 Å². The van der Waals surface area contributed by atoms with Crippen LogP contribution >= 0.6 is 11.3 Å². The van der Waals surface area contributed by atoms with Gasteiger partial charge in [0.1, 0.15) is 22.7 Å². The van der Waals surface area contributed by atoms with E-state index >= 15 is 0 Å². The third-order valence-corrected chi connectivity index (χ3v) is 5.65. The van der Waals surface area contributed by atoms with Crippen molar-refractivity contribution in [1.29, 1.82) is 0 Å². The van der Waals surface area contributed by atoms with Gasteiger partial charge in [-0.3, -0.25) is 4.79 Å². The number of hydrogen-bond donors (Lipinski definition) is 1. The lowest BCUT2D eigenvalue weighted by Gasteiger charge is -2.26. The second kappa shape index (κ2) is 6.76. The molecule has 1 aliphatic heterocycles. The molecule has 0 aliphatic carbocycles. The summed E-state index contributed by atoms with van der Waals surface area (Å²) in [6, 6.07) is 7.62. The van der Waals surface area contributed by atoms with Gasteiger partial charge in [-0.05, 0) is 24.1 Å². The number of carbonyl (C=O) groups is 1. The molecule has 2 N–H and O–H groups in total. The number of ether oxygens (including phenoxy) is 1. The van der Waals surface area contributed by atoms with E-state index in [1.54, 1.807) is 30.6 Å². The monoisotopic (exact) mass is 366 g/mol. The minimum absolute atomic E-state index is 0.0157. The smallest absolute Gasteiger partial charge is 0.246 e. The third kappa shape index (κ3) is 2.90. The standard InChI is InChI=1S/C19H18N4O2S/c1-25-14-5-3-2-4-12(14)6-7-16(24)23-9-8-13-15(10-23)26-19-17(13)18(20)21-11-22-19/h2-7,11H,8-10H2,1H3,(H2,20,21,22)/b7-6+. The van der Waals surface area contributed by atoms with E-state index in [0.29, 0.717) is 18.9 Å². The summed E-state index contributed by atoms with van der Waals surface area (Å²) in [5, 5.41) is 0.948. The van der Waals surface area contributed by atoms with Gasteiger partial charge in [-0.25, -0.2) is 9.97 Å². The van der Waals surface area contributed by atoms with Gasteiger partial charge in [-0.1, -0.05) is 18.2 Å². The molecule has 1 aliphatic rings. The van der Waals surface area contributed by atoms with Crippen LogP contribution in [-0.2, 0) is 17.8 Å². The summed E-state index contributed by atoms with van der Waals surface area (Å²) >= 11 is 1.59. The highest BCUT2D eigenvalue weighted by Gasteiger charge is 2.24. The summed E-state index contributed by atoms with van der Waals surface area (Å²) < 4.78 is 5.32. The molecule has 0 saturated heterocycles. The molecule has 0 bridgehead atoms. The summed E-state index contributed by atoms with van der Waals surface area (Å²) in [4.78, 5) is 24.9. The highest BCUT2D eigenvalue weighted by molar-refractivity contribution is 7.19. The van der Waals surface area contributed by atoms with Gasteiger partial charge in [0.15, 0.2) is 0 Å². The molecule has 7 heteroatoms. The number of anilines is 1. The Hall–Kier alpha value is -2.93. The summed E-state index contributed by atoms with van der Waals surface area (Å²) in [6.07, 6.45) is 5.65. The van der Waals surface area contributed by atoms with E-state index in [9.17, 15) is 4.79 Å². The molecular formula is C19H18N4O2S. The molecule has 2 aromatic heterocycles. The van der Waals surface area contributed by atoms with Gasteiger partial charge in [0.2, 0.25) is 5.91 Å². The van der Waals surface area contributed by atoms with Crippen LogP contribution < -0.4 is 10.5 Å². The first kappa shape index (κ1) is 16.5. The van der Waals surface area contributed by atoms with Gasteiger partial charge >= 0.3 is 0 Å². The Balaban J connectivity index is 1.55. The molecule has 6 nitrogen and oxygen atoms in total. The Kier molecular flexibility index (Phi) is 4.30. The van der Waals surface area contributed by atoms with E-state index in [1.807, 2.05) is 29.2 Å². The number of benzene rings is 1. The average molecular weight is 366 g/mol. The zero-order valence-corrected chi connectivity index (χ0v) is 15.1. The van der Waals surface area contributed by atoms with Crippen molar-refractivity contribution in [3.05, 3.63) is 52.7 Å². The predicted molar refractivity (Wildman–Crippen MR) is 103 cm³/mol. The topological polar surface area (TPSA) is 81.3 Å². The maximum absolute atomic E-state index is 12.6. The number of thiophene rings is 1. The van der Waals surface area contributed by atoms with Gasteiger partial charge in [-0.15, -0.1) is 11.3 Å². The minimum atomic E-state index is -0.0157. The van der Waals surface area contributed by atoms with Crippen molar-refractivity contribution < 1.29 is 9.53 Å². The largest absolute Gasteiger partial charge is 0.496 e. The first-order valence-electron chi connectivity index (χ1n) is 8.28. The van der Waals surface area contributed by atoms with Crippen molar-refractivity contribution in [3.63, 3.8) is 0 Å². The lowest BCUT2D eigenvalue weighted by Crippen LogP contribution is -2.34. The van der Waals surface area contributed by atoms with E-state index in [1.165, 1.54) is 11.9 Å². The van der Waals surface area contributed by atoms with Gasteiger partial charge in [0.05, 0.1) is 19.0 Å². The second-order valence-corrected chi connectivity index (χ2v) is 7.11. The van der Waals surface area contributed by atoms with E-state index in [4.69, 9.17) is 10.5 Å². The Morgan fingerprint density at radius 3 is 3.04 bits per heavy atom. The first-order valence-corrected chi connectivity index (χ1v) is 9.09. The number of nitrogens with two attached hydrogens (primary N) is 1. The minimum Gasteiger partial charge on any atom is -0.496 e. The first-order chi connectivity index (χ1) is 12.7. The molecule has 0 radical (unpaired) electrons. The quantitative estimate of drug-likeness (QED) is 0.721. The molecule has 0 saturated carbocycles. The highest BCUT2D eigenvalue weighted by Crippen LogP contribution is 2.36. The van der Waals surface area contributed by atoms with Crippen LogP contribution in [0.1, 0.15) is 16.0 Å². The zero-order valence-electron chi connectivity index (χ0n) is 14.3. The van der Waals surface area contributed by atoms with Crippen molar-refractivity contribution >= 4 is 39.4 Å². The van der Waals surface area contributed by atoms with E-state index in [-0.39, 0.29) is 5.91 Å². The fraction of sp³-hybridized carbons (Fsp3) is 0.211. The summed E-state index contributed by atoms with van der Waals surface area (Å²) in [5.41, 5.74) is 8.07. The number of aromatic nitrogens is 2. The van der Waals surface area contributed by atoms with Gasteiger partial charge in [-0.2, -0.15) is 0 Å². The Labute approximate surface area is 154 Å². The molecular weight excluding hydrogens is 348 g/mol. The van der Waals surface area contributed by atoms with Crippen molar-refractivity contribution in [2.24, 2.45) is 0 Å². The van der Waals surface area contributed by atoms with Crippen molar-refractivity contribution in [3.8, 4) is 5.75 Å². The van der Waals surface area contributed by atoms with E-state index in [2.05, 4.69) is 9.97 Å². The highest BCUT2D eigenvalue weighted by atomic mass is 32.1. The van der Waals surface area contributed by atoms with Gasteiger partial charge in [0.25, 0.3) is 0 Å². The number of carbonyl (C=O) groups excluding carboxylic acids is 1. The zero-order chi connectivity index (χ0) is 18.1. The molecule has 3 heterocycles.